The summed E-state index contributed by atoms with van der Waals surface area (Å²) in [4.78, 5) is 0. The van der Waals surface area contributed by atoms with Gasteiger partial charge in [-0.2, -0.15) is 0 Å². The lowest BCUT2D eigenvalue weighted by Crippen LogP contribution is -2.16. The molecule has 9 aromatic carbocycles. The first-order valence-corrected chi connectivity index (χ1v) is 17.4. The molecule has 0 fully saturated rings. The fourth-order valence-corrected chi connectivity index (χ4v) is 9.48. The number of fused-ring (bicyclic) bond motifs is 13. The maximum Gasteiger partial charge on any atom is 0.0171 e. The van der Waals surface area contributed by atoms with Gasteiger partial charge in [-0.25, -0.2) is 0 Å². The quantitative estimate of drug-likeness (QED) is 0.169. The zero-order valence-electron chi connectivity index (χ0n) is 27.5. The van der Waals surface area contributed by atoms with E-state index in [0.717, 1.165) is 0 Å². The maximum absolute atomic E-state index is 2.43. The Morgan fingerprint density at radius 3 is 1.73 bits per heavy atom. The maximum atomic E-state index is 2.43. The van der Waals surface area contributed by atoms with Gasteiger partial charge in [0, 0.05) is 5.41 Å². The lowest BCUT2D eigenvalue weighted by molar-refractivity contribution is 0.672. The van der Waals surface area contributed by atoms with Crippen LogP contribution in [0.5, 0.6) is 0 Å². The molecule has 0 heteroatoms. The molecule has 0 nitrogen and oxygen atoms in total. The van der Waals surface area contributed by atoms with Crippen LogP contribution < -0.4 is 0 Å². The van der Waals surface area contributed by atoms with Crippen molar-refractivity contribution >= 4 is 43.1 Å². The number of benzene rings is 9. The molecule has 49 heavy (non-hydrogen) atoms. The van der Waals surface area contributed by atoms with Crippen molar-refractivity contribution in [1.29, 1.82) is 0 Å². The minimum Gasteiger partial charge on any atom is -0.0616 e. The molecule has 11 rings (SSSR count). The van der Waals surface area contributed by atoms with Gasteiger partial charge in [-0.15, -0.1) is 0 Å². The molecular formula is C49H32. The molecule has 0 atom stereocenters. The highest BCUT2D eigenvalue weighted by Crippen LogP contribution is 2.56. The fraction of sp³-hybridized carbons (Fsp3) is 0.0612. The van der Waals surface area contributed by atoms with Crippen LogP contribution in [0.15, 0.2) is 158 Å². The van der Waals surface area contributed by atoms with Crippen LogP contribution in [0.25, 0.3) is 98.7 Å². The number of rotatable bonds is 2. The van der Waals surface area contributed by atoms with E-state index in [0.29, 0.717) is 0 Å². The summed E-state index contributed by atoms with van der Waals surface area (Å²) in [7, 11) is 0. The van der Waals surface area contributed by atoms with Crippen molar-refractivity contribution in [2.24, 2.45) is 0 Å². The summed E-state index contributed by atoms with van der Waals surface area (Å²) in [6, 6.07) is 59.1. The molecule has 0 saturated heterocycles. The van der Waals surface area contributed by atoms with Crippen LogP contribution in [-0.2, 0) is 5.41 Å². The molecule has 2 aliphatic carbocycles. The normalized spacial score (nSPS) is 13.7. The van der Waals surface area contributed by atoms with E-state index >= 15 is 0 Å². The van der Waals surface area contributed by atoms with E-state index in [9.17, 15) is 0 Å². The minimum atomic E-state index is -0.127. The van der Waals surface area contributed by atoms with Crippen LogP contribution in [0.4, 0.5) is 0 Å². The Morgan fingerprint density at radius 1 is 0.327 bits per heavy atom. The van der Waals surface area contributed by atoms with E-state index in [1.54, 1.807) is 0 Å². The Bertz CT molecular complexity index is 2850. The summed E-state index contributed by atoms with van der Waals surface area (Å²) in [6.45, 7) is 4.84. The third kappa shape index (κ3) is 3.53. The summed E-state index contributed by atoms with van der Waals surface area (Å²) >= 11 is 0. The molecule has 0 amide bonds. The molecule has 0 radical (unpaired) electrons. The van der Waals surface area contributed by atoms with Crippen molar-refractivity contribution in [3.8, 4) is 55.6 Å². The average molecular weight is 621 g/mol. The van der Waals surface area contributed by atoms with E-state index in [2.05, 4.69) is 172 Å². The van der Waals surface area contributed by atoms with Gasteiger partial charge >= 0.3 is 0 Å². The first-order chi connectivity index (χ1) is 24.1. The summed E-state index contributed by atoms with van der Waals surface area (Å²) in [5, 5.41) is 10.7. The van der Waals surface area contributed by atoms with Crippen molar-refractivity contribution in [1.82, 2.24) is 0 Å². The van der Waals surface area contributed by atoms with Gasteiger partial charge in [-0.1, -0.05) is 166 Å². The van der Waals surface area contributed by atoms with Gasteiger partial charge in [0.2, 0.25) is 0 Å². The lowest BCUT2D eigenvalue weighted by Gasteiger charge is -2.25. The topological polar surface area (TPSA) is 0 Å². The molecule has 0 unspecified atom stereocenters. The minimum absolute atomic E-state index is 0.127. The standard InChI is InChI=1S/C49H32/c1-49(2)47-34-11-4-3-10-30(34)22-25-43(47)46-40-15-8-7-14-37(40)44-28-32(23-24-42(44)48(46)49)29-18-20-31(21-19-29)33-26-27-41-36-13-6-5-12-35(36)39-17-9-16-38(33)45(39)41/h3-28H,1-2H3. The monoisotopic (exact) mass is 620 g/mol. The van der Waals surface area contributed by atoms with Crippen molar-refractivity contribution in [2.45, 2.75) is 19.3 Å². The van der Waals surface area contributed by atoms with Crippen LogP contribution in [0.3, 0.4) is 0 Å². The Kier molecular flexibility index (Phi) is 5.27. The Balaban J connectivity index is 1.06. The Morgan fingerprint density at radius 2 is 0.918 bits per heavy atom. The fourth-order valence-electron chi connectivity index (χ4n) is 9.48. The Labute approximate surface area is 285 Å². The van der Waals surface area contributed by atoms with Gasteiger partial charge in [0.1, 0.15) is 0 Å². The molecule has 0 heterocycles. The predicted molar refractivity (Wildman–Crippen MR) is 209 cm³/mol. The molecule has 2 aliphatic rings. The highest BCUT2D eigenvalue weighted by atomic mass is 14.4. The number of hydrogen-bond donors (Lipinski definition) is 0. The van der Waals surface area contributed by atoms with E-state index in [1.807, 2.05) is 0 Å². The molecule has 9 aromatic rings. The summed E-state index contributed by atoms with van der Waals surface area (Å²) < 4.78 is 0. The summed E-state index contributed by atoms with van der Waals surface area (Å²) in [5.41, 5.74) is 15.9. The zero-order chi connectivity index (χ0) is 32.4. The first kappa shape index (κ1) is 27.0. The molecule has 0 N–H and O–H groups in total. The second kappa shape index (κ2) is 9.56. The van der Waals surface area contributed by atoms with E-state index in [1.165, 1.54) is 110 Å². The largest absolute Gasteiger partial charge is 0.0616 e. The van der Waals surface area contributed by atoms with Crippen molar-refractivity contribution in [2.75, 3.05) is 0 Å². The summed E-state index contributed by atoms with van der Waals surface area (Å²) in [5.74, 6) is 0. The highest BCUT2D eigenvalue weighted by molar-refractivity contribution is 6.21. The van der Waals surface area contributed by atoms with Gasteiger partial charge in [0.05, 0.1) is 0 Å². The molecule has 0 aliphatic heterocycles. The van der Waals surface area contributed by atoms with E-state index in [-0.39, 0.29) is 5.41 Å². The van der Waals surface area contributed by atoms with Crippen LogP contribution in [0.1, 0.15) is 25.0 Å². The third-order valence-electron chi connectivity index (χ3n) is 11.6. The van der Waals surface area contributed by atoms with Gasteiger partial charge in [0.25, 0.3) is 0 Å². The van der Waals surface area contributed by atoms with Gasteiger partial charge < -0.3 is 0 Å². The van der Waals surface area contributed by atoms with Crippen LogP contribution in [-0.4, -0.2) is 0 Å². The zero-order valence-corrected chi connectivity index (χ0v) is 27.5. The predicted octanol–water partition coefficient (Wildman–Crippen LogP) is 13.6. The van der Waals surface area contributed by atoms with Crippen molar-refractivity contribution < 1.29 is 0 Å². The second-order valence-corrected chi connectivity index (χ2v) is 14.4. The molecule has 0 bridgehead atoms. The second-order valence-electron chi connectivity index (χ2n) is 14.4. The van der Waals surface area contributed by atoms with Gasteiger partial charge in [0.15, 0.2) is 0 Å². The van der Waals surface area contributed by atoms with Gasteiger partial charge in [-0.05, 0) is 116 Å². The molecule has 0 saturated carbocycles. The van der Waals surface area contributed by atoms with Crippen molar-refractivity contribution in [3.63, 3.8) is 0 Å². The molecule has 0 aromatic heterocycles. The van der Waals surface area contributed by atoms with Crippen molar-refractivity contribution in [3.05, 3.63) is 169 Å². The molecule has 0 spiro atoms. The lowest BCUT2D eigenvalue weighted by atomic mass is 9.77. The molecular weight excluding hydrogens is 589 g/mol. The third-order valence-corrected chi connectivity index (χ3v) is 11.6. The average Bonchev–Trinajstić information content (AvgIpc) is 3.61. The number of hydrogen-bond acceptors (Lipinski definition) is 0. The Hall–Kier alpha value is -5.98. The first-order valence-electron chi connectivity index (χ1n) is 17.4. The molecule has 228 valence electrons. The van der Waals surface area contributed by atoms with E-state index < -0.39 is 0 Å². The van der Waals surface area contributed by atoms with Crippen LogP contribution >= 0.6 is 0 Å². The van der Waals surface area contributed by atoms with Gasteiger partial charge in [-0.3, -0.25) is 0 Å². The SMILES string of the molecule is CC1(C)c2c(ccc3ccccc23)-c2c1c1ccc(-c3ccc(-c4ccc5c6c(cccc46)-c4ccccc4-5)cc3)cc1c1ccccc21. The van der Waals surface area contributed by atoms with Crippen LogP contribution in [0, 0.1) is 0 Å². The van der Waals surface area contributed by atoms with E-state index in [4.69, 9.17) is 0 Å². The summed E-state index contributed by atoms with van der Waals surface area (Å²) in [6.07, 6.45) is 0. The van der Waals surface area contributed by atoms with Crippen LogP contribution in [0.2, 0.25) is 0 Å². The highest BCUT2D eigenvalue weighted by Gasteiger charge is 2.39. The smallest absolute Gasteiger partial charge is 0.0171 e.